The number of esters is 1. The topological polar surface area (TPSA) is 72.5 Å². The first-order valence-electron chi connectivity index (χ1n) is 5.60. The van der Waals surface area contributed by atoms with Crippen molar-refractivity contribution in [3.05, 3.63) is 23.5 Å². The minimum atomic E-state index is -0.556. The number of aliphatic hydroxyl groups excluding tert-OH is 1. The SMILES string of the molecule is CCOC(=O)c1cc(SCCCO)c(F)cc1N. The Hall–Kier alpha value is -1.27. The molecule has 1 aromatic carbocycles. The van der Waals surface area contributed by atoms with E-state index in [1.165, 1.54) is 17.8 Å². The van der Waals surface area contributed by atoms with Gasteiger partial charge in [-0.1, -0.05) is 0 Å². The monoisotopic (exact) mass is 273 g/mol. The molecule has 1 aromatic rings. The highest BCUT2D eigenvalue weighted by Crippen LogP contribution is 2.27. The van der Waals surface area contributed by atoms with Crippen LogP contribution in [-0.4, -0.2) is 30.0 Å². The second kappa shape index (κ2) is 7.23. The number of anilines is 1. The normalized spacial score (nSPS) is 10.4. The van der Waals surface area contributed by atoms with E-state index in [2.05, 4.69) is 0 Å². The molecule has 1 rings (SSSR count). The standard InChI is InChI=1S/C12H16FNO3S/c1-2-17-12(16)8-6-11(18-5-3-4-15)9(13)7-10(8)14/h6-7,15H,2-5,14H2,1H3. The summed E-state index contributed by atoms with van der Waals surface area (Å²) < 4.78 is 18.4. The fourth-order valence-corrected chi connectivity index (χ4v) is 2.20. The number of thioether (sulfide) groups is 1. The predicted octanol–water partition coefficient (Wildman–Crippen LogP) is 2.06. The predicted molar refractivity (Wildman–Crippen MR) is 69.2 cm³/mol. The average Bonchev–Trinajstić information content (AvgIpc) is 2.32. The lowest BCUT2D eigenvalue weighted by Gasteiger charge is -2.09. The van der Waals surface area contributed by atoms with Gasteiger partial charge in [-0.2, -0.15) is 0 Å². The van der Waals surface area contributed by atoms with E-state index in [0.717, 1.165) is 6.07 Å². The maximum absolute atomic E-state index is 13.6. The molecule has 0 radical (unpaired) electrons. The molecule has 0 bridgehead atoms. The van der Waals surface area contributed by atoms with Crippen LogP contribution in [0.4, 0.5) is 10.1 Å². The largest absolute Gasteiger partial charge is 0.462 e. The van der Waals surface area contributed by atoms with Gasteiger partial charge in [-0.25, -0.2) is 9.18 Å². The summed E-state index contributed by atoms with van der Waals surface area (Å²) in [5.74, 6) is -0.456. The fraction of sp³-hybridized carbons (Fsp3) is 0.417. The van der Waals surface area contributed by atoms with Gasteiger partial charge in [-0.05, 0) is 25.5 Å². The summed E-state index contributed by atoms with van der Waals surface area (Å²) in [4.78, 5) is 11.9. The van der Waals surface area contributed by atoms with Crippen molar-refractivity contribution in [1.29, 1.82) is 0 Å². The van der Waals surface area contributed by atoms with Crippen molar-refractivity contribution in [2.75, 3.05) is 24.7 Å². The van der Waals surface area contributed by atoms with Crippen LogP contribution < -0.4 is 5.73 Å². The van der Waals surface area contributed by atoms with E-state index in [4.69, 9.17) is 15.6 Å². The van der Waals surface area contributed by atoms with Crippen molar-refractivity contribution in [2.24, 2.45) is 0 Å². The van der Waals surface area contributed by atoms with Gasteiger partial charge in [0.05, 0.1) is 12.2 Å². The Labute approximate surface area is 109 Å². The molecule has 0 heterocycles. The molecule has 0 atom stereocenters. The van der Waals surface area contributed by atoms with Crippen molar-refractivity contribution in [3.8, 4) is 0 Å². The van der Waals surface area contributed by atoms with Crippen LogP contribution in [0.25, 0.3) is 0 Å². The molecule has 0 unspecified atom stereocenters. The number of rotatable bonds is 6. The molecule has 0 aliphatic rings. The zero-order valence-corrected chi connectivity index (χ0v) is 10.9. The Bertz CT molecular complexity index is 426. The Balaban J connectivity index is 2.91. The Morgan fingerprint density at radius 1 is 1.56 bits per heavy atom. The number of ether oxygens (including phenoxy) is 1. The van der Waals surface area contributed by atoms with Crippen molar-refractivity contribution < 1.29 is 19.0 Å². The van der Waals surface area contributed by atoms with Crippen molar-refractivity contribution in [1.82, 2.24) is 0 Å². The summed E-state index contributed by atoms with van der Waals surface area (Å²) in [5.41, 5.74) is 5.82. The van der Waals surface area contributed by atoms with Gasteiger partial charge < -0.3 is 15.6 Å². The van der Waals surface area contributed by atoms with E-state index in [-0.39, 0.29) is 24.5 Å². The van der Waals surface area contributed by atoms with Gasteiger partial charge in [0.1, 0.15) is 5.82 Å². The van der Waals surface area contributed by atoms with Gasteiger partial charge in [0.15, 0.2) is 0 Å². The third-order valence-corrected chi connectivity index (χ3v) is 3.28. The molecule has 0 aromatic heterocycles. The van der Waals surface area contributed by atoms with Crippen LogP contribution >= 0.6 is 11.8 Å². The van der Waals surface area contributed by atoms with Crippen LogP contribution in [-0.2, 0) is 4.74 Å². The number of carbonyl (C=O) groups excluding carboxylic acids is 1. The quantitative estimate of drug-likeness (QED) is 0.359. The molecule has 0 aliphatic heterocycles. The Kier molecular flexibility index (Phi) is 5.94. The highest BCUT2D eigenvalue weighted by atomic mass is 32.2. The van der Waals surface area contributed by atoms with Gasteiger partial charge in [0, 0.05) is 22.9 Å². The number of hydrogen-bond donors (Lipinski definition) is 2. The first-order chi connectivity index (χ1) is 8.60. The highest BCUT2D eigenvalue weighted by Gasteiger charge is 2.15. The maximum Gasteiger partial charge on any atom is 0.340 e. The number of nitrogen functional groups attached to an aromatic ring is 1. The van der Waals surface area contributed by atoms with Crippen LogP contribution in [0.1, 0.15) is 23.7 Å². The number of aliphatic hydroxyl groups is 1. The lowest BCUT2D eigenvalue weighted by Crippen LogP contribution is -2.09. The zero-order valence-electron chi connectivity index (χ0n) is 10.1. The number of halogens is 1. The molecule has 6 heteroatoms. The second-order valence-electron chi connectivity index (χ2n) is 3.52. The van der Waals surface area contributed by atoms with Crippen LogP contribution in [0, 0.1) is 5.82 Å². The van der Waals surface area contributed by atoms with E-state index in [9.17, 15) is 9.18 Å². The number of carbonyl (C=O) groups is 1. The molecule has 0 spiro atoms. The van der Waals surface area contributed by atoms with E-state index in [1.54, 1.807) is 6.92 Å². The first kappa shape index (κ1) is 14.8. The first-order valence-corrected chi connectivity index (χ1v) is 6.58. The Morgan fingerprint density at radius 3 is 2.89 bits per heavy atom. The third kappa shape index (κ3) is 3.89. The zero-order chi connectivity index (χ0) is 13.5. The van der Waals surface area contributed by atoms with Crippen LogP contribution in [0.5, 0.6) is 0 Å². The summed E-state index contributed by atoms with van der Waals surface area (Å²) >= 11 is 1.23. The summed E-state index contributed by atoms with van der Waals surface area (Å²) in [6.07, 6.45) is 0.559. The summed E-state index contributed by atoms with van der Waals surface area (Å²) in [6.45, 7) is 1.98. The Morgan fingerprint density at radius 2 is 2.28 bits per heavy atom. The van der Waals surface area contributed by atoms with Crippen LogP contribution in [0.2, 0.25) is 0 Å². The molecule has 0 saturated carbocycles. The van der Waals surface area contributed by atoms with Crippen LogP contribution in [0.3, 0.4) is 0 Å². The van der Waals surface area contributed by atoms with E-state index in [0.29, 0.717) is 17.1 Å². The molecule has 0 fully saturated rings. The molecule has 100 valence electrons. The van der Waals surface area contributed by atoms with Gasteiger partial charge in [-0.15, -0.1) is 11.8 Å². The lowest BCUT2D eigenvalue weighted by atomic mass is 10.2. The van der Waals surface area contributed by atoms with E-state index in [1.807, 2.05) is 0 Å². The summed E-state index contributed by atoms with van der Waals surface area (Å²) in [7, 11) is 0. The summed E-state index contributed by atoms with van der Waals surface area (Å²) in [6, 6.07) is 2.51. The molecule has 0 saturated heterocycles. The molecule has 4 nitrogen and oxygen atoms in total. The third-order valence-electron chi connectivity index (χ3n) is 2.16. The number of nitrogens with two attached hydrogens (primary N) is 1. The van der Waals surface area contributed by atoms with E-state index < -0.39 is 11.8 Å². The van der Waals surface area contributed by atoms with Gasteiger partial charge in [-0.3, -0.25) is 0 Å². The van der Waals surface area contributed by atoms with Gasteiger partial charge in [0.2, 0.25) is 0 Å². The summed E-state index contributed by atoms with van der Waals surface area (Å²) in [5, 5.41) is 8.67. The lowest BCUT2D eigenvalue weighted by molar-refractivity contribution is 0.0527. The minimum Gasteiger partial charge on any atom is -0.462 e. The smallest absolute Gasteiger partial charge is 0.340 e. The van der Waals surface area contributed by atoms with Crippen LogP contribution in [0.15, 0.2) is 17.0 Å². The number of benzene rings is 1. The van der Waals surface area contributed by atoms with E-state index >= 15 is 0 Å². The van der Waals surface area contributed by atoms with Crippen molar-refractivity contribution in [2.45, 2.75) is 18.2 Å². The second-order valence-corrected chi connectivity index (χ2v) is 4.65. The molecular weight excluding hydrogens is 257 g/mol. The average molecular weight is 273 g/mol. The maximum atomic E-state index is 13.6. The minimum absolute atomic E-state index is 0.0499. The fourth-order valence-electron chi connectivity index (χ4n) is 1.31. The van der Waals surface area contributed by atoms with Gasteiger partial charge >= 0.3 is 5.97 Å². The number of hydrogen-bond acceptors (Lipinski definition) is 5. The highest BCUT2D eigenvalue weighted by molar-refractivity contribution is 7.99. The van der Waals surface area contributed by atoms with Crippen molar-refractivity contribution in [3.63, 3.8) is 0 Å². The molecule has 18 heavy (non-hydrogen) atoms. The molecule has 3 N–H and O–H groups in total. The molecule has 0 amide bonds. The van der Waals surface area contributed by atoms with Gasteiger partial charge in [0.25, 0.3) is 0 Å². The molecule has 0 aliphatic carbocycles. The molecular formula is C12H16FNO3S. The van der Waals surface area contributed by atoms with Crippen molar-refractivity contribution >= 4 is 23.4 Å².